The van der Waals surface area contributed by atoms with Crippen molar-refractivity contribution < 1.29 is 19.1 Å². The predicted molar refractivity (Wildman–Crippen MR) is 145 cm³/mol. The maximum Gasteiger partial charge on any atom is 0.338 e. The summed E-state index contributed by atoms with van der Waals surface area (Å²) >= 11 is 0. The highest BCUT2D eigenvalue weighted by molar-refractivity contribution is 5.91. The first kappa shape index (κ1) is 26.4. The molecule has 0 saturated heterocycles. The van der Waals surface area contributed by atoms with Gasteiger partial charge in [0.25, 0.3) is 0 Å². The van der Waals surface area contributed by atoms with Crippen LogP contribution in [0.1, 0.15) is 45.7 Å². The van der Waals surface area contributed by atoms with Gasteiger partial charge in [-0.05, 0) is 85.3 Å². The first-order chi connectivity index (χ1) is 17.4. The number of aryl methyl sites for hydroxylation is 2. The molecule has 0 aliphatic carbocycles. The van der Waals surface area contributed by atoms with Gasteiger partial charge in [-0.1, -0.05) is 72.8 Å². The molecule has 0 heterocycles. The zero-order valence-electron chi connectivity index (χ0n) is 21.3. The summed E-state index contributed by atoms with van der Waals surface area (Å²) < 4.78 is 10.0. The standard InChI is InChI=1S/2C16H16O2/c2*1-3-18-16(17)14-9-6-8-13(11-14)15-10-5-4-7-12(15)2/h2*4-11H,3H2,1-2H3. The molecule has 0 amide bonds. The van der Waals surface area contributed by atoms with E-state index in [0.29, 0.717) is 24.3 Å². The Balaban J connectivity index is 0.000000201. The fraction of sp³-hybridized carbons (Fsp3) is 0.188. The fourth-order valence-corrected chi connectivity index (χ4v) is 3.85. The maximum absolute atomic E-state index is 11.7. The minimum Gasteiger partial charge on any atom is -0.462 e. The van der Waals surface area contributed by atoms with Crippen LogP contribution < -0.4 is 0 Å². The Bertz CT molecular complexity index is 1220. The SMILES string of the molecule is CCOC(=O)c1cccc(-c2ccccc2C)c1.CCOC(=O)c1cccc(-c2ccccc2C)c1. The lowest BCUT2D eigenvalue weighted by molar-refractivity contribution is 0.0517. The molecule has 0 unspecified atom stereocenters. The van der Waals surface area contributed by atoms with Crippen LogP contribution in [0.5, 0.6) is 0 Å². The quantitative estimate of drug-likeness (QED) is 0.266. The van der Waals surface area contributed by atoms with E-state index in [-0.39, 0.29) is 11.9 Å². The summed E-state index contributed by atoms with van der Waals surface area (Å²) in [6.07, 6.45) is 0. The van der Waals surface area contributed by atoms with E-state index >= 15 is 0 Å². The summed E-state index contributed by atoms with van der Waals surface area (Å²) in [6.45, 7) is 8.53. The number of benzene rings is 4. The van der Waals surface area contributed by atoms with Crippen LogP contribution in [0.15, 0.2) is 97.1 Å². The number of rotatable bonds is 6. The van der Waals surface area contributed by atoms with Gasteiger partial charge in [0, 0.05) is 0 Å². The van der Waals surface area contributed by atoms with Crippen molar-refractivity contribution in [1.29, 1.82) is 0 Å². The lowest BCUT2D eigenvalue weighted by Gasteiger charge is -2.07. The highest BCUT2D eigenvalue weighted by Crippen LogP contribution is 2.25. The van der Waals surface area contributed by atoms with E-state index in [4.69, 9.17) is 9.47 Å². The highest BCUT2D eigenvalue weighted by atomic mass is 16.5. The predicted octanol–water partition coefficient (Wildman–Crippen LogP) is 7.68. The average molecular weight is 481 g/mol. The number of hydrogen-bond acceptors (Lipinski definition) is 4. The normalized spacial score (nSPS) is 10.1. The van der Waals surface area contributed by atoms with Crippen molar-refractivity contribution in [3.63, 3.8) is 0 Å². The van der Waals surface area contributed by atoms with Gasteiger partial charge in [0.1, 0.15) is 0 Å². The number of carbonyl (C=O) groups is 2. The van der Waals surface area contributed by atoms with Crippen molar-refractivity contribution in [3.05, 3.63) is 119 Å². The molecule has 4 rings (SSSR count). The molecule has 0 radical (unpaired) electrons. The number of ether oxygens (including phenoxy) is 2. The van der Waals surface area contributed by atoms with Crippen LogP contribution in [0.2, 0.25) is 0 Å². The smallest absolute Gasteiger partial charge is 0.338 e. The Labute approximate surface area is 213 Å². The van der Waals surface area contributed by atoms with E-state index in [2.05, 4.69) is 38.1 Å². The second kappa shape index (κ2) is 13.1. The van der Waals surface area contributed by atoms with Crippen molar-refractivity contribution in [2.24, 2.45) is 0 Å². The summed E-state index contributed by atoms with van der Waals surface area (Å²) in [7, 11) is 0. The van der Waals surface area contributed by atoms with Crippen LogP contribution in [0.25, 0.3) is 22.3 Å². The first-order valence-electron chi connectivity index (χ1n) is 12.1. The molecule has 4 aromatic carbocycles. The van der Waals surface area contributed by atoms with Gasteiger partial charge in [0.05, 0.1) is 24.3 Å². The lowest BCUT2D eigenvalue weighted by atomic mass is 9.99. The van der Waals surface area contributed by atoms with Crippen molar-refractivity contribution in [1.82, 2.24) is 0 Å². The molecule has 36 heavy (non-hydrogen) atoms. The first-order valence-corrected chi connectivity index (χ1v) is 12.1. The third-order valence-electron chi connectivity index (χ3n) is 5.66. The third kappa shape index (κ3) is 6.92. The molecule has 4 aromatic rings. The number of esters is 2. The van der Waals surface area contributed by atoms with E-state index in [0.717, 1.165) is 22.3 Å². The Kier molecular flexibility index (Phi) is 9.58. The molecule has 0 fully saturated rings. The molecule has 4 heteroatoms. The largest absolute Gasteiger partial charge is 0.462 e. The maximum atomic E-state index is 11.7. The molecule has 0 saturated carbocycles. The third-order valence-corrected chi connectivity index (χ3v) is 5.66. The van der Waals surface area contributed by atoms with Crippen LogP contribution in [0.4, 0.5) is 0 Å². The van der Waals surface area contributed by atoms with Gasteiger partial charge >= 0.3 is 11.9 Å². The van der Waals surface area contributed by atoms with Crippen molar-refractivity contribution in [2.45, 2.75) is 27.7 Å². The van der Waals surface area contributed by atoms with Crippen molar-refractivity contribution in [3.8, 4) is 22.3 Å². The number of hydrogen-bond donors (Lipinski definition) is 0. The molecule has 0 aromatic heterocycles. The van der Waals surface area contributed by atoms with E-state index < -0.39 is 0 Å². The zero-order chi connectivity index (χ0) is 25.9. The van der Waals surface area contributed by atoms with Gasteiger partial charge in [-0.3, -0.25) is 0 Å². The Morgan fingerprint density at radius 1 is 0.556 bits per heavy atom. The zero-order valence-corrected chi connectivity index (χ0v) is 21.3. The van der Waals surface area contributed by atoms with Gasteiger partial charge in [-0.15, -0.1) is 0 Å². The average Bonchev–Trinajstić information content (AvgIpc) is 2.90. The summed E-state index contributed by atoms with van der Waals surface area (Å²) in [6, 6.07) is 31.3. The van der Waals surface area contributed by atoms with Crippen LogP contribution in [-0.2, 0) is 9.47 Å². The summed E-state index contributed by atoms with van der Waals surface area (Å²) in [5, 5.41) is 0. The van der Waals surface area contributed by atoms with Crippen molar-refractivity contribution >= 4 is 11.9 Å². The van der Waals surface area contributed by atoms with Gasteiger partial charge in [-0.25, -0.2) is 9.59 Å². The topological polar surface area (TPSA) is 52.6 Å². The second-order valence-corrected chi connectivity index (χ2v) is 8.23. The highest BCUT2D eigenvalue weighted by Gasteiger charge is 2.09. The minimum atomic E-state index is -0.270. The molecule has 0 bridgehead atoms. The van der Waals surface area contributed by atoms with Crippen LogP contribution in [0.3, 0.4) is 0 Å². The van der Waals surface area contributed by atoms with Gasteiger partial charge in [0.15, 0.2) is 0 Å². The molecule has 0 aliphatic rings. The molecular weight excluding hydrogens is 448 g/mol. The molecule has 0 spiro atoms. The van der Waals surface area contributed by atoms with E-state index in [1.807, 2.05) is 74.5 Å². The van der Waals surface area contributed by atoms with Gasteiger partial charge < -0.3 is 9.47 Å². The molecule has 0 aliphatic heterocycles. The Hall–Kier alpha value is -4.18. The molecule has 0 N–H and O–H groups in total. The monoisotopic (exact) mass is 480 g/mol. The molecular formula is C32H32O4. The second-order valence-electron chi connectivity index (χ2n) is 8.23. The van der Waals surface area contributed by atoms with Crippen LogP contribution in [0, 0.1) is 13.8 Å². The van der Waals surface area contributed by atoms with Gasteiger partial charge in [-0.2, -0.15) is 0 Å². The number of carbonyl (C=O) groups excluding carboxylic acids is 2. The fourth-order valence-electron chi connectivity index (χ4n) is 3.85. The van der Waals surface area contributed by atoms with Crippen molar-refractivity contribution in [2.75, 3.05) is 13.2 Å². The summed E-state index contributed by atoms with van der Waals surface area (Å²) in [5.74, 6) is -0.541. The summed E-state index contributed by atoms with van der Waals surface area (Å²) in [5.41, 5.74) is 7.94. The van der Waals surface area contributed by atoms with E-state index in [9.17, 15) is 9.59 Å². The summed E-state index contributed by atoms with van der Waals surface area (Å²) in [4.78, 5) is 23.4. The van der Waals surface area contributed by atoms with E-state index in [1.165, 1.54) is 11.1 Å². The Morgan fingerprint density at radius 2 is 0.944 bits per heavy atom. The van der Waals surface area contributed by atoms with Crippen LogP contribution in [-0.4, -0.2) is 25.2 Å². The van der Waals surface area contributed by atoms with Gasteiger partial charge in [0.2, 0.25) is 0 Å². The van der Waals surface area contributed by atoms with E-state index in [1.54, 1.807) is 12.1 Å². The minimum absolute atomic E-state index is 0.270. The lowest BCUT2D eigenvalue weighted by Crippen LogP contribution is -2.04. The molecule has 184 valence electrons. The Morgan fingerprint density at radius 3 is 1.31 bits per heavy atom. The molecule has 4 nitrogen and oxygen atoms in total. The van der Waals surface area contributed by atoms with Crippen LogP contribution >= 0.6 is 0 Å². The molecule has 0 atom stereocenters.